The number of rotatable bonds is 7. The normalized spacial score (nSPS) is 16.4. The van der Waals surface area contributed by atoms with E-state index in [1.54, 1.807) is 13.8 Å². The summed E-state index contributed by atoms with van der Waals surface area (Å²) in [6.07, 6.45) is 2.27. The number of hydrogen-bond donors (Lipinski definition) is 0. The number of halogens is 2. The summed E-state index contributed by atoms with van der Waals surface area (Å²) in [5.41, 5.74) is 1.48. The van der Waals surface area contributed by atoms with Crippen LogP contribution < -0.4 is 4.90 Å². The van der Waals surface area contributed by atoms with Crippen LogP contribution in [0.25, 0.3) is 0 Å². The zero-order valence-corrected chi connectivity index (χ0v) is 18.0. The molecule has 1 aliphatic heterocycles. The number of piperidine rings is 1. The van der Waals surface area contributed by atoms with E-state index in [-0.39, 0.29) is 0 Å². The average molecular weight is 433 g/mol. The summed E-state index contributed by atoms with van der Waals surface area (Å²) in [4.78, 5) is 4.76. The van der Waals surface area contributed by atoms with E-state index in [0.717, 1.165) is 43.5 Å². The van der Waals surface area contributed by atoms with Crippen LogP contribution in [0.3, 0.4) is 0 Å². The van der Waals surface area contributed by atoms with Crippen molar-refractivity contribution in [3.63, 3.8) is 0 Å². The number of benzene rings is 2. The largest absolute Gasteiger partial charge is 0.367 e. The van der Waals surface area contributed by atoms with Crippen LogP contribution in [0.5, 0.6) is 0 Å². The number of alkyl halides is 1. The van der Waals surface area contributed by atoms with E-state index < -0.39 is 5.67 Å². The van der Waals surface area contributed by atoms with E-state index in [9.17, 15) is 4.39 Å². The Hall–Kier alpha value is -1.39. The Morgan fingerprint density at radius 1 is 1.04 bits per heavy atom. The molecule has 0 spiro atoms. The SMILES string of the molecule is CC(C)(F)CN1CCC(CN(Cc2ccccc2)c2ccc(Br)cc2)CC1. The fourth-order valence-corrected chi connectivity index (χ4v) is 4.15. The van der Waals surface area contributed by atoms with Crippen molar-refractivity contribution in [1.29, 1.82) is 0 Å². The quantitative estimate of drug-likeness (QED) is 0.535. The lowest BCUT2D eigenvalue weighted by atomic mass is 9.95. The maximum absolute atomic E-state index is 13.9. The maximum atomic E-state index is 13.9. The van der Waals surface area contributed by atoms with Crippen molar-refractivity contribution in [3.8, 4) is 0 Å². The van der Waals surface area contributed by atoms with Gasteiger partial charge < -0.3 is 9.80 Å². The number of nitrogens with zero attached hydrogens (tertiary/aromatic N) is 2. The Morgan fingerprint density at radius 2 is 1.67 bits per heavy atom. The van der Waals surface area contributed by atoms with Crippen LogP contribution in [0, 0.1) is 5.92 Å². The molecule has 1 saturated heterocycles. The molecule has 2 nitrogen and oxygen atoms in total. The predicted molar refractivity (Wildman–Crippen MR) is 116 cm³/mol. The molecule has 0 amide bonds. The summed E-state index contributed by atoms with van der Waals surface area (Å²) in [6.45, 7) is 7.85. The smallest absolute Gasteiger partial charge is 0.118 e. The molecule has 0 saturated carbocycles. The van der Waals surface area contributed by atoms with E-state index in [1.807, 2.05) is 0 Å². The zero-order valence-electron chi connectivity index (χ0n) is 16.4. The van der Waals surface area contributed by atoms with Crippen molar-refractivity contribution in [2.24, 2.45) is 5.92 Å². The van der Waals surface area contributed by atoms with E-state index in [0.29, 0.717) is 12.5 Å². The van der Waals surface area contributed by atoms with Gasteiger partial charge in [0.05, 0.1) is 0 Å². The van der Waals surface area contributed by atoms with Gasteiger partial charge in [-0.3, -0.25) is 0 Å². The highest BCUT2D eigenvalue weighted by Gasteiger charge is 2.26. The third kappa shape index (κ3) is 6.62. The first kappa shape index (κ1) is 20.3. The van der Waals surface area contributed by atoms with Gasteiger partial charge >= 0.3 is 0 Å². The summed E-state index contributed by atoms with van der Waals surface area (Å²) in [5.74, 6) is 0.649. The lowest BCUT2D eigenvalue weighted by Crippen LogP contribution is -2.43. The van der Waals surface area contributed by atoms with Gasteiger partial charge in [0.1, 0.15) is 5.67 Å². The number of likely N-dealkylation sites (tertiary alicyclic amines) is 1. The molecule has 0 radical (unpaired) electrons. The van der Waals surface area contributed by atoms with Crippen LogP contribution in [0.1, 0.15) is 32.3 Å². The molecular weight excluding hydrogens is 403 g/mol. The molecule has 27 heavy (non-hydrogen) atoms. The monoisotopic (exact) mass is 432 g/mol. The summed E-state index contributed by atoms with van der Waals surface area (Å²) < 4.78 is 15.0. The third-order valence-corrected chi connectivity index (χ3v) is 5.72. The second-order valence-corrected chi connectivity index (χ2v) is 9.20. The minimum absolute atomic E-state index is 0.542. The standard InChI is InChI=1S/C23H30BrFN2/c1-23(2,25)18-26-14-12-20(13-15-26)17-27(16-19-6-4-3-5-7-19)22-10-8-21(24)9-11-22/h3-11,20H,12-18H2,1-2H3. The van der Waals surface area contributed by atoms with E-state index >= 15 is 0 Å². The molecule has 0 N–H and O–H groups in total. The molecule has 0 aromatic heterocycles. The first-order valence-electron chi connectivity index (χ1n) is 9.85. The van der Waals surface area contributed by atoms with Crippen LogP contribution >= 0.6 is 15.9 Å². The van der Waals surface area contributed by atoms with Crippen molar-refractivity contribution in [2.45, 2.75) is 38.9 Å². The molecular formula is C23H30BrFN2. The van der Waals surface area contributed by atoms with Crippen LogP contribution in [-0.4, -0.2) is 36.7 Å². The lowest BCUT2D eigenvalue weighted by molar-refractivity contribution is 0.0966. The van der Waals surface area contributed by atoms with E-state index in [1.165, 1.54) is 11.3 Å². The van der Waals surface area contributed by atoms with Crippen LogP contribution in [-0.2, 0) is 6.54 Å². The molecule has 1 heterocycles. The first-order chi connectivity index (χ1) is 12.9. The van der Waals surface area contributed by atoms with Crippen LogP contribution in [0.2, 0.25) is 0 Å². The van der Waals surface area contributed by atoms with Gasteiger partial charge in [0, 0.05) is 29.8 Å². The number of anilines is 1. The highest BCUT2D eigenvalue weighted by molar-refractivity contribution is 9.10. The van der Waals surface area contributed by atoms with Gasteiger partial charge in [0.25, 0.3) is 0 Å². The summed E-state index contributed by atoms with van der Waals surface area (Å²) in [7, 11) is 0. The molecule has 1 fully saturated rings. The number of hydrogen-bond acceptors (Lipinski definition) is 2. The van der Waals surface area contributed by atoms with Gasteiger partial charge in [0.15, 0.2) is 0 Å². The van der Waals surface area contributed by atoms with Crippen LogP contribution in [0.4, 0.5) is 10.1 Å². The van der Waals surface area contributed by atoms with Gasteiger partial charge in [-0.25, -0.2) is 4.39 Å². The fraction of sp³-hybridized carbons (Fsp3) is 0.478. The minimum atomic E-state index is -1.11. The molecule has 2 aromatic carbocycles. The van der Waals surface area contributed by atoms with Crippen molar-refractivity contribution >= 4 is 21.6 Å². The molecule has 3 rings (SSSR count). The van der Waals surface area contributed by atoms with Gasteiger partial charge in [-0.05, 0) is 75.5 Å². The molecule has 0 bridgehead atoms. The average Bonchev–Trinajstić information content (AvgIpc) is 2.63. The Morgan fingerprint density at radius 3 is 2.26 bits per heavy atom. The molecule has 1 aliphatic rings. The van der Waals surface area contributed by atoms with Crippen molar-refractivity contribution < 1.29 is 4.39 Å². The lowest BCUT2D eigenvalue weighted by Gasteiger charge is -2.37. The maximum Gasteiger partial charge on any atom is 0.118 e. The summed E-state index contributed by atoms with van der Waals surface area (Å²) in [5, 5.41) is 0. The Balaban J connectivity index is 1.64. The van der Waals surface area contributed by atoms with Crippen molar-refractivity contribution in [3.05, 3.63) is 64.6 Å². The van der Waals surface area contributed by atoms with Crippen molar-refractivity contribution in [1.82, 2.24) is 4.90 Å². The van der Waals surface area contributed by atoms with Gasteiger partial charge in [-0.1, -0.05) is 46.3 Å². The highest BCUT2D eigenvalue weighted by Crippen LogP contribution is 2.26. The van der Waals surface area contributed by atoms with E-state index in [2.05, 4.69) is 80.3 Å². The summed E-state index contributed by atoms with van der Waals surface area (Å²) in [6, 6.07) is 19.3. The van der Waals surface area contributed by atoms with Crippen molar-refractivity contribution in [2.75, 3.05) is 31.1 Å². The molecule has 2 aromatic rings. The zero-order chi connectivity index (χ0) is 19.3. The Kier molecular flexibility index (Phi) is 6.93. The highest BCUT2D eigenvalue weighted by atomic mass is 79.9. The van der Waals surface area contributed by atoms with E-state index in [4.69, 9.17) is 0 Å². The second-order valence-electron chi connectivity index (χ2n) is 8.28. The third-order valence-electron chi connectivity index (χ3n) is 5.19. The summed E-state index contributed by atoms with van der Waals surface area (Å²) >= 11 is 3.54. The topological polar surface area (TPSA) is 6.48 Å². The minimum Gasteiger partial charge on any atom is -0.367 e. The fourth-order valence-electron chi connectivity index (χ4n) is 3.89. The first-order valence-corrected chi connectivity index (χ1v) is 10.6. The molecule has 146 valence electrons. The molecule has 0 aliphatic carbocycles. The second kappa shape index (κ2) is 9.20. The van der Waals surface area contributed by atoms with Gasteiger partial charge in [-0.2, -0.15) is 0 Å². The van der Waals surface area contributed by atoms with Gasteiger partial charge in [0.2, 0.25) is 0 Å². The molecule has 0 unspecified atom stereocenters. The Labute approximate surface area is 171 Å². The molecule has 0 atom stereocenters. The van der Waals surface area contributed by atoms with Crippen LogP contribution in [0.15, 0.2) is 59.1 Å². The molecule has 4 heteroatoms. The predicted octanol–water partition coefficient (Wildman–Crippen LogP) is 5.92. The Bertz CT molecular complexity index is 689. The van der Waals surface area contributed by atoms with Gasteiger partial charge in [-0.15, -0.1) is 0 Å².